The Hall–Kier alpha value is -3.45. The molecule has 0 saturated carbocycles. The zero-order chi connectivity index (χ0) is 21.8. The fourth-order valence-corrected chi connectivity index (χ4v) is 3.81. The van der Waals surface area contributed by atoms with Crippen molar-refractivity contribution in [2.75, 3.05) is 32.7 Å². The molecule has 7 nitrogen and oxygen atoms in total. The summed E-state index contributed by atoms with van der Waals surface area (Å²) >= 11 is 0. The van der Waals surface area contributed by atoms with Gasteiger partial charge in [-0.25, -0.2) is 4.79 Å². The van der Waals surface area contributed by atoms with Gasteiger partial charge in [-0.3, -0.25) is 19.5 Å². The van der Waals surface area contributed by atoms with Crippen molar-refractivity contribution in [2.45, 2.75) is 13.3 Å². The fourth-order valence-electron chi connectivity index (χ4n) is 3.81. The van der Waals surface area contributed by atoms with Gasteiger partial charge in [0.05, 0.1) is 5.52 Å². The van der Waals surface area contributed by atoms with Crippen molar-refractivity contribution >= 4 is 28.9 Å². The van der Waals surface area contributed by atoms with Crippen LogP contribution in [0, 0.1) is 0 Å². The highest BCUT2D eigenvalue weighted by Crippen LogP contribution is 2.15. The number of rotatable bonds is 6. The van der Waals surface area contributed by atoms with Gasteiger partial charge in [-0.2, -0.15) is 0 Å². The van der Waals surface area contributed by atoms with Crippen LogP contribution in [0.5, 0.6) is 0 Å². The third-order valence-corrected chi connectivity index (χ3v) is 5.58. The molecule has 2 heterocycles. The van der Waals surface area contributed by atoms with Gasteiger partial charge in [0, 0.05) is 50.3 Å². The molecule has 4 rings (SSSR count). The molecule has 1 N–H and O–H groups in total. The van der Waals surface area contributed by atoms with Crippen LogP contribution >= 0.6 is 0 Å². The van der Waals surface area contributed by atoms with E-state index in [1.807, 2.05) is 48.2 Å². The maximum absolute atomic E-state index is 12.7. The lowest BCUT2D eigenvalue weighted by Gasteiger charge is -2.34. The van der Waals surface area contributed by atoms with E-state index in [4.69, 9.17) is 4.42 Å². The van der Waals surface area contributed by atoms with Crippen LogP contribution in [0.15, 0.2) is 63.3 Å². The molecular weight excluding hydrogens is 394 g/mol. The van der Waals surface area contributed by atoms with Crippen LogP contribution in [-0.2, 0) is 4.79 Å². The minimum atomic E-state index is -0.527. The Morgan fingerprint density at radius 2 is 1.81 bits per heavy atom. The maximum atomic E-state index is 12.7. The van der Waals surface area contributed by atoms with E-state index in [1.165, 1.54) is 0 Å². The summed E-state index contributed by atoms with van der Waals surface area (Å²) in [5, 5.41) is 0. The predicted octanol–water partition coefficient (Wildman–Crippen LogP) is 2.94. The van der Waals surface area contributed by atoms with E-state index < -0.39 is 5.76 Å². The number of aromatic nitrogens is 1. The summed E-state index contributed by atoms with van der Waals surface area (Å²) in [5.74, 6) is -0.465. The van der Waals surface area contributed by atoms with Crippen molar-refractivity contribution in [3.63, 3.8) is 0 Å². The summed E-state index contributed by atoms with van der Waals surface area (Å²) in [7, 11) is 0. The average Bonchev–Trinajstić information content (AvgIpc) is 3.17. The Morgan fingerprint density at radius 1 is 1.06 bits per heavy atom. The Kier molecular flexibility index (Phi) is 6.13. The molecule has 31 heavy (non-hydrogen) atoms. The number of carbonyl (C=O) groups is 2. The van der Waals surface area contributed by atoms with Crippen molar-refractivity contribution in [2.24, 2.45) is 0 Å². The minimum absolute atomic E-state index is 0.00546. The van der Waals surface area contributed by atoms with Crippen LogP contribution in [0.25, 0.3) is 17.2 Å². The zero-order valence-corrected chi connectivity index (χ0v) is 17.5. The van der Waals surface area contributed by atoms with Gasteiger partial charge < -0.3 is 9.32 Å². The number of H-pyrrole nitrogens is 1. The SMILES string of the molecule is C/C(=C\c1ccccc1)C(=O)N1CCN(CCC(=O)c2ccc3[nH]c(=O)oc3c2)CC1. The standard InChI is InChI=1S/C24H25N3O4/c1-17(15-18-5-3-2-4-6-18)23(29)27-13-11-26(12-14-27)10-9-21(28)19-7-8-20-22(16-19)31-24(30)25-20/h2-8,15-16H,9-14H2,1H3,(H,25,30)/b17-15+. The number of ketones is 1. The van der Waals surface area contributed by atoms with Crippen molar-refractivity contribution in [1.82, 2.24) is 14.8 Å². The summed E-state index contributed by atoms with van der Waals surface area (Å²) in [6, 6.07) is 14.8. The smallest absolute Gasteiger partial charge is 0.408 e. The van der Waals surface area contributed by atoms with Gasteiger partial charge in [0.1, 0.15) is 0 Å². The molecule has 0 unspecified atom stereocenters. The number of nitrogens with one attached hydrogen (secondary N) is 1. The second-order valence-corrected chi connectivity index (χ2v) is 7.77. The zero-order valence-electron chi connectivity index (χ0n) is 17.5. The van der Waals surface area contributed by atoms with Gasteiger partial charge in [0.25, 0.3) is 0 Å². The molecule has 1 saturated heterocycles. The number of oxazole rings is 1. The van der Waals surface area contributed by atoms with E-state index in [0.29, 0.717) is 42.7 Å². The minimum Gasteiger partial charge on any atom is -0.408 e. The lowest BCUT2D eigenvalue weighted by molar-refractivity contribution is -0.128. The second kappa shape index (κ2) is 9.14. The summed E-state index contributed by atoms with van der Waals surface area (Å²) in [6.45, 7) is 5.26. The highest BCUT2D eigenvalue weighted by atomic mass is 16.4. The molecule has 1 aliphatic heterocycles. The largest absolute Gasteiger partial charge is 0.417 e. The summed E-state index contributed by atoms with van der Waals surface area (Å²) in [5.41, 5.74) is 3.25. The lowest BCUT2D eigenvalue weighted by atomic mass is 10.1. The number of hydrogen-bond donors (Lipinski definition) is 1. The molecule has 1 aromatic heterocycles. The molecule has 0 aliphatic carbocycles. The van der Waals surface area contributed by atoms with Gasteiger partial charge >= 0.3 is 5.76 Å². The molecule has 2 aromatic carbocycles. The molecule has 0 spiro atoms. The van der Waals surface area contributed by atoms with Crippen LogP contribution in [-0.4, -0.2) is 59.2 Å². The first-order chi connectivity index (χ1) is 15.0. The van der Waals surface area contributed by atoms with Crippen molar-refractivity contribution in [1.29, 1.82) is 0 Å². The number of amides is 1. The second-order valence-electron chi connectivity index (χ2n) is 7.77. The van der Waals surface area contributed by atoms with Crippen molar-refractivity contribution in [3.8, 4) is 0 Å². The third kappa shape index (κ3) is 5.00. The Labute approximate surface area is 180 Å². The first-order valence-electron chi connectivity index (χ1n) is 10.4. The molecule has 3 aromatic rings. The third-order valence-electron chi connectivity index (χ3n) is 5.58. The van der Waals surface area contributed by atoms with Gasteiger partial charge in [0.2, 0.25) is 5.91 Å². The number of nitrogens with zero attached hydrogens (tertiary/aromatic N) is 2. The Balaban J connectivity index is 1.27. The summed E-state index contributed by atoms with van der Waals surface area (Å²) < 4.78 is 5.03. The van der Waals surface area contributed by atoms with Crippen LogP contribution in [0.4, 0.5) is 0 Å². The van der Waals surface area contributed by atoms with E-state index >= 15 is 0 Å². The molecule has 0 atom stereocenters. The molecule has 7 heteroatoms. The monoisotopic (exact) mass is 419 g/mol. The first-order valence-corrected chi connectivity index (χ1v) is 10.4. The number of aromatic amines is 1. The van der Waals surface area contributed by atoms with Gasteiger partial charge in [-0.05, 0) is 36.8 Å². The maximum Gasteiger partial charge on any atom is 0.417 e. The van der Waals surface area contributed by atoms with E-state index in [-0.39, 0.29) is 11.7 Å². The summed E-state index contributed by atoms with van der Waals surface area (Å²) in [4.78, 5) is 43.2. The van der Waals surface area contributed by atoms with Crippen molar-refractivity contribution < 1.29 is 14.0 Å². The highest BCUT2D eigenvalue weighted by molar-refractivity contribution is 5.99. The van der Waals surface area contributed by atoms with Crippen LogP contribution in [0.3, 0.4) is 0 Å². The molecular formula is C24H25N3O4. The average molecular weight is 419 g/mol. The van der Waals surface area contributed by atoms with Gasteiger partial charge in [0.15, 0.2) is 11.4 Å². The van der Waals surface area contributed by atoms with Gasteiger partial charge in [-0.15, -0.1) is 0 Å². The molecule has 0 radical (unpaired) electrons. The van der Waals surface area contributed by atoms with Crippen LogP contribution in [0.1, 0.15) is 29.3 Å². The summed E-state index contributed by atoms with van der Waals surface area (Å²) in [6.07, 6.45) is 2.29. The van der Waals surface area contributed by atoms with E-state index in [1.54, 1.807) is 18.2 Å². The Morgan fingerprint density at radius 3 is 2.55 bits per heavy atom. The number of fused-ring (bicyclic) bond motifs is 1. The van der Waals surface area contributed by atoms with Gasteiger partial charge in [-0.1, -0.05) is 30.3 Å². The first kappa shape index (κ1) is 20.8. The quantitative estimate of drug-likeness (QED) is 0.490. The van der Waals surface area contributed by atoms with Crippen LogP contribution in [0.2, 0.25) is 0 Å². The normalized spacial score (nSPS) is 15.4. The van der Waals surface area contributed by atoms with E-state index in [2.05, 4.69) is 9.88 Å². The highest BCUT2D eigenvalue weighted by Gasteiger charge is 2.22. The topological polar surface area (TPSA) is 86.6 Å². The number of hydrogen-bond acceptors (Lipinski definition) is 5. The Bertz CT molecular complexity index is 1170. The number of piperazine rings is 1. The van der Waals surface area contributed by atoms with E-state index in [9.17, 15) is 14.4 Å². The number of Topliss-reactive ketones (excluding diaryl/α,β-unsaturated/α-hetero) is 1. The fraction of sp³-hybridized carbons (Fsp3) is 0.292. The number of benzene rings is 2. The van der Waals surface area contributed by atoms with Crippen molar-refractivity contribution in [3.05, 3.63) is 75.8 Å². The van der Waals surface area contributed by atoms with E-state index in [0.717, 1.165) is 24.2 Å². The molecule has 1 amide bonds. The predicted molar refractivity (Wildman–Crippen MR) is 119 cm³/mol. The number of carbonyl (C=O) groups excluding carboxylic acids is 2. The lowest BCUT2D eigenvalue weighted by Crippen LogP contribution is -2.49. The molecule has 1 aliphatic rings. The molecule has 1 fully saturated rings. The molecule has 160 valence electrons. The van der Waals surface area contributed by atoms with Crippen LogP contribution < -0.4 is 5.76 Å². The molecule has 0 bridgehead atoms.